The van der Waals surface area contributed by atoms with Gasteiger partial charge in [0.25, 0.3) is 5.91 Å². The van der Waals surface area contributed by atoms with Crippen LogP contribution in [0.2, 0.25) is 0 Å². The number of nitrogens with zero attached hydrogens (tertiary/aromatic N) is 5. The van der Waals surface area contributed by atoms with E-state index in [1.807, 2.05) is 17.8 Å². The molecule has 2 N–H and O–H groups in total. The molecular weight excluding hydrogens is 310 g/mol. The standard InChI is InChI=1S/C16H23N5O3/c1-3-4-20-9-13(11(2)17-20)16(24)19-5-6-21-12(8-19)7-14(18-21)15(23)10-22/h7,9,15,22-23H,3-6,8,10H2,1-2H3/t15-/m1/s1. The Hall–Kier alpha value is -2.19. The smallest absolute Gasteiger partial charge is 0.257 e. The Kier molecular flexibility index (Phi) is 4.68. The molecule has 1 aliphatic rings. The fourth-order valence-electron chi connectivity index (χ4n) is 2.96. The molecular formula is C16H23N5O3. The Bertz CT molecular complexity index is 736. The molecule has 24 heavy (non-hydrogen) atoms. The highest BCUT2D eigenvalue weighted by molar-refractivity contribution is 5.95. The van der Waals surface area contributed by atoms with Gasteiger partial charge in [-0.15, -0.1) is 0 Å². The maximum Gasteiger partial charge on any atom is 0.257 e. The fourth-order valence-corrected chi connectivity index (χ4v) is 2.96. The number of fused-ring (bicyclic) bond motifs is 1. The molecule has 3 rings (SSSR count). The second-order valence-electron chi connectivity index (χ2n) is 6.10. The number of carbonyl (C=O) groups excluding carboxylic acids is 1. The van der Waals surface area contributed by atoms with Gasteiger partial charge < -0.3 is 15.1 Å². The van der Waals surface area contributed by atoms with E-state index in [1.165, 1.54) is 0 Å². The lowest BCUT2D eigenvalue weighted by Gasteiger charge is -2.27. The minimum Gasteiger partial charge on any atom is -0.393 e. The molecule has 0 spiro atoms. The summed E-state index contributed by atoms with van der Waals surface area (Å²) >= 11 is 0. The van der Waals surface area contributed by atoms with Crippen LogP contribution in [0.25, 0.3) is 0 Å². The molecule has 2 aromatic heterocycles. The molecule has 130 valence electrons. The maximum absolute atomic E-state index is 12.8. The highest BCUT2D eigenvalue weighted by atomic mass is 16.3. The number of aliphatic hydroxyl groups is 2. The van der Waals surface area contributed by atoms with Gasteiger partial charge in [-0.1, -0.05) is 6.92 Å². The number of amides is 1. The van der Waals surface area contributed by atoms with Crippen LogP contribution in [0.15, 0.2) is 12.3 Å². The molecule has 8 heteroatoms. The summed E-state index contributed by atoms with van der Waals surface area (Å²) in [6, 6.07) is 1.74. The van der Waals surface area contributed by atoms with Gasteiger partial charge in [-0.25, -0.2) is 0 Å². The Morgan fingerprint density at radius 3 is 2.88 bits per heavy atom. The van der Waals surface area contributed by atoms with Crippen LogP contribution in [0.3, 0.4) is 0 Å². The first-order valence-electron chi connectivity index (χ1n) is 8.22. The van der Waals surface area contributed by atoms with Crippen molar-refractivity contribution in [2.45, 2.75) is 46.0 Å². The first-order valence-corrected chi connectivity index (χ1v) is 8.22. The van der Waals surface area contributed by atoms with Gasteiger partial charge in [-0.3, -0.25) is 14.2 Å². The van der Waals surface area contributed by atoms with E-state index in [0.717, 1.165) is 24.4 Å². The molecule has 0 unspecified atom stereocenters. The normalized spacial score (nSPS) is 15.4. The van der Waals surface area contributed by atoms with Gasteiger partial charge in [0.2, 0.25) is 0 Å². The predicted octanol–water partition coefficient (Wildman–Crippen LogP) is 0.480. The van der Waals surface area contributed by atoms with Crippen molar-refractivity contribution in [1.82, 2.24) is 24.5 Å². The molecule has 3 heterocycles. The van der Waals surface area contributed by atoms with Crippen LogP contribution in [0, 0.1) is 6.92 Å². The predicted molar refractivity (Wildman–Crippen MR) is 86.3 cm³/mol. The number of hydrogen-bond acceptors (Lipinski definition) is 5. The highest BCUT2D eigenvalue weighted by Gasteiger charge is 2.26. The molecule has 0 fully saturated rings. The summed E-state index contributed by atoms with van der Waals surface area (Å²) in [5.41, 5.74) is 2.67. The van der Waals surface area contributed by atoms with Gasteiger partial charge >= 0.3 is 0 Å². The lowest BCUT2D eigenvalue weighted by molar-refractivity contribution is 0.0704. The average Bonchev–Trinajstić information content (AvgIpc) is 3.16. The first-order chi connectivity index (χ1) is 11.5. The third-order valence-corrected chi connectivity index (χ3v) is 4.25. The summed E-state index contributed by atoms with van der Waals surface area (Å²) in [5, 5.41) is 27.4. The highest BCUT2D eigenvalue weighted by Crippen LogP contribution is 2.20. The SMILES string of the molecule is CCCn1cc(C(=O)N2CCn3nc([C@H](O)CO)cc3C2)c(C)n1. The van der Waals surface area contributed by atoms with Gasteiger partial charge in [0.05, 0.1) is 42.3 Å². The minimum atomic E-state index is -0.984. The van der Waals surface area contributed by atoms with Crippen molar-refractivity contribution in [3.05, 3.63) is 34.9 Å². The van der Waals surface area contributed by atoms with Crippen molar-refractivity contribution in [2.24, 2.45) is 0 Å². The third-order valence-electron chi connectivity index (χ3n) is 4.25. The lowest BCUT2D eigenvalue weighted by atomic mass is 10.2. The zero-order valence-corrected chi connectivity index (χ0v) is 14.0. The Morgan fingerprint density at radius 1 is 1.38 bits per heavy atom. The topological polar surface area (TPSA) is 96.4 Å². The second-order valence-corrected chi connectivity index (χ2v) is 6.10. The van der Waals surface area contributed by atoms with E-state index in [1.54, 1.807) is 15.6 Å². The zero-order valence-electron chi connectivity index (χ0n) is 14.0. The first kappa shape index (κ1) is 16.7. The van der Waals surface area contributed by atoms with E-state index >= 15 is 0 Å². The number of rotatable bonds is 5. The van der Waals surface area contributed by atoms with Crippen LogP contribution in [0.4, 0.5) is 0 Å². The molecule has 1 aliphatic heterocycles. The Morgan fingerprint density at radius 2 is 2.17 bits per heavy atom. The number of aromatic nitrogens is 4. The van der Waals surface area contributed by atoms with Gasteiger partial charge in [-0.05, 0) is 19.4 Å². The van der Waals surface area contributed by atoms with Crippen LogP contribution in [-0.2, 0) is 19.6 Å². The van der Waals surface area contributed by atoms with E-state index < -0.39 is 6.10 Å². The van der Waals surface area contributed by atoms with Crippen molar-refractivity contribution < 1.29 is 15.0 Å². The summed E-state index contributed by atoms with van der Waals surface area (Å²) in [6.45, 7) is 5.91. The molecule has 0 bridgehead atoms. The third kappa shape index (κ3) is 3.07. The minimum absolute atomic E-state index is 0.0356. The van der Waals surface area contributed by atoms with Crippen LogP contribution in [0.1, 0.15) is 46.9 Å². The summed E-state index contributed by atoms with van der Waals surface area (Å²) in [4.78, 5) is 14.6. The molecule has 1 amide bonds. The Balaban J connectivity index is 1.77. The largest absolute Gasteiger partial charge is 0.393 e. The second kappa shape index (κ2) is 6.74. The van der Waals surface area contributed by atoms with Crippen LogP contribution < -0.4 is 0 Å². The molecule has 8 nitrogen and oxygen atoms in total. The van der Waals surface area contributed by atoms with Gasteiger partial charge in [-0.2, -0.15) is 10.2 Å². The molecule has 1 atom stereocenters. The van der Waals surface area contributed by atoms with Gasteiger partial charge in [0.15, 0.2) is 0 Å². The number of carbonyl (C=O) groups is 1. The van der Waals surface area contributed by atoms with Crippen molar-refractivity contribution in [3.63, 3.8) is 0 Å². The number of aryl methyl sites for hydroxylation is 2. The molecule has 0 aromatic carbocycles. The van der Waals surface area contributed by atoms with E-state index in [9.17, 15) is 9.90 Å². The lowest BCUT2D eigenvalue weighted by Crippen LogP contribution is -2.38. The van der Waals surface area contributed by atoms with Crippen LogP contribution in [0.5, 0.6) is 0 Å². The molecule has 0 aliphatic carbocycles. The number of hydrogen-bond donors (Lipinski definition) is 2. The molecule has 0 saturated heterocycles. The molecule has 2 aromatic rings. The average molecular weight is 333 g/mol. The van der Waals surface area contributed by atoms with E-state index in [0.29, 0.717) is 30.9 Å². The molecule has 0 radical (unpaired) electrons. The summed E-state index contributed by atoms with van der Waals surface area (Å²) < 4.78 is 3.60. The molecule has 0 saturated carbocycles. The van der Waals surface area contributed by atoms with Gasteiger partial charge in [0.1, 0.15) is 6.10 Å². The quantitative estimate of drug-likeness (QED) is 0.830. The van der Waals surface area contributed by atoms with Crippen LogP contribution in [-0.4, -0.2) is 53.7 Å². The van der Waals surface area contributed by atoms with Crippen LogP contribution >= 0.6 is 0 Å². The van der Waals surface area contributed by atoms with E-state index in [4.69, 9.17) is 5.11 Å². The van der Waals surface area contributed by atoms with Gasteiger partial charge in [0, 0.05) is 19.3 Å². The zero-order chi connectivity index (χ0) is 17.3. The van der Waals surface area contributed by atoms with Crippen molar-refractivity contribution in [2.75, 3.05) is 13.2 Å². The van der Waals surface area contributed by atoms with Crippen molar-refractivity contribution in [1.29, 1.82) is 0 Å². The summed E-state index contributed by atoms with van der Waals surface area (Å²) in [6.07, 6.45) is 1.79. The number of aliphatic hydroxyl groups excluding tert-OH is 2. The Labute approximate surface area is 140 Å². The maximum atomic E-state index is 12.8. The van der Waals surface area contributed by atoms with Crippen molar-refractivity contribution >= 4 is 5.91 Å². The summed E-state index contributed by atoms with van der Waals surface area (Å²) in [7, 11) is 0. The van der Waals surface area contributed by atoms with E-state index in [-0.39, 0.29) is 12.5 Å². The summed E-state index contributed by atoms with van der Waals surface area (Å²) in [5.74, 6) is -0.0356. The monoisotopic (exact) mass is 333 g/mol. The fraction of sp³-hybridized carbons (Fsp3) is 0.562. The van der Waals surface area contributed by atoms with Crippen molar-refractivity contribution in [3.8, 4) is 0 Å². The van der Waals surface area contributed by atoms with E-state index in [2.05, 4.69) is 17.1 Å².